The second kappa shape index (κ2) is 5.99. The van der Waals surface area contributed by atoms with E-state index in [4.69, 9.17) is 17.3 Å². The van der Waals surface area contributed by atoms with E-state index in [0.717, 1.165) is 36.9 Å². The minimum absolute atomic E-state index is 0.389. The number of rotatable bonds is 3. The van der Waals surface area contributed by atoms with Crippen molar-refractivity contribution in [1.82, 2.24) is 19.9 Å². The number of pyridine rings is 1. The Hall–Kier alpha value is -1.66. The minimum atomic E-state index is 0.389. The highest BCUT2D eigenvalue weighted by Crippen LogP contribution is 2.21. The molecule has 0 saturated carbocycles. The molecule has 3 rings (SSSR count). The number of nitrogens with two attached hydrogens (primary N) is 1. The average molecular weight is 307 g/mol. The molecule has 1 aliphatic heterocycles. The third-order valence-electron chi connectivity index (χ3n) is 3.84. The van der Waals surface area contributed by atoms with Crippen molar-refractivity contribution < 1.29 is 0 Å². The summed E-state index contributed by atoms with van der Waals surface area (Å²) in [5.41, 5.74) is 7.54. The van der Waals surface area contributed by atoms with Crippen LogP contribution in [0, 0.1) is 0 Å². The van der Waals surface area contributed by atoms with Gasteiger partial charge in [0.1, 0.15) is 5.82 Å². The number of halogens is 1. The normalized spacial score (nSPS) is 17.2. The zero-order valence-corrected chi connectivity index (χ0v) is 12.8. The number of likely N-dealkylation sites (tertiary alicyclic amines) is 1. The maximum Gasteiger partial charge on any atom is 0.226 e. The molecule has 0 aliphatic carbocycles. The van der Waals surface area contributed by atoms with Crippen LogP contribution in [0.1, 0.15) is 18.4 Å². The summed E-state index contributed by atoms with van der Waals surface area (Å²) in [6.45, 7) is 2.16. The zero-order valence-electron chi connectivity index (χ0n) is 12.0. The lowest BCUT2D eigenvalue weighted by molar-refractivity contribution is 0.263. The van der Waals surface area contributed by atoms with Gasteiger partial charge in [-0.1, -0.05) is 0 Å². The summed E-state index contributed by atoms with van der Waals surface area (Å²) in [6, 6.07) is 2.28. The molecule has 21 heavy (non-hydrogen) atoms. The molecule has 3 N–H and O–H groups in total. The van der Waals surface area contributed by atoms with Crippen LogP contribution in [0.15, 0.2) is 12.3 Å². The van der Waals surface area contributed by atoms with Crippen molar-refractivity contribution in [2.45, 2.75) is 24.8 Å². The number of hydrogen-bond donors (Lipinski definition) is 2. The molecular formula is C14H19ClN6. The molecule has 2 aromatic rings. The van der Waals surface area contributed by atoms with Crippen LogP contribution in [-0.2, 0) is 5.88 Å². The maximum absolute atomic E-state index is 6.03. The fourth-order valence-electron chi connectivity index (χ4n) is 2.55. The van der Waals surface area contributed by atoms with Gasteiger partial charge in [-0.2, -0.15) is 9.97 Å². The molecule has 0 aromatic carbocycles. The van der Waals surface area contributed by atoms with Gasteiger partial charge < -0.3 is 16.0 Å². The van der Waals surface area contributed by atoms with E-state index in [0.29, 0.717) is 29.3 Å². The number of alkyl halides is 1. The van der Waals surface area contributed by atoms with E-state index in [1.165, 1.54) is 0 Å². The van der Waals surface area contributed by atoms with E-state index in [9.17, 15) is 0 Å². The summed E-state index contributed by atoms with van der Waals surface area (Å²) in [4.78, 5) is 15.4. The molecular weight excluding hydrogens is 288 g/mol. The summed E-state index contributed by atoms with van der Waals surface area (Å²) in [6.07, 6.45) is 3.88. The third-order valence-corrected chi connectivity index (χ3v) is 4.15. The largest absolute Gasteiger partial charge is 0.383 e. The number of nitrogens with zero attached hydrogens (tertiary/aromatic N) is 4. The van der Waals surface area contributed by atoms with E-state index in [1.54, 1.807) is 6.20 Å². The van der Waals surface area contributed by atoms with Crippen LogP contribution >= 0.6 is 11.6 Å². The quantitative estimate of drug-likeness (QED) is 0.843. The molecule has 7 heteroatoms. The maximum atomic E-state index is 6.03. The molecule has 1 saturated heterocycles. The number of hydrogen-bond acceptors (Lipinski definition) is 6. The molecule has 3 heterocycles. The fraction of sp³-hybridized carbons (Fsp3) is 0.500. The summed E-state index contributed by atoms with van der Waals surface area (Å²) in [7, 11) is 2.14. The van der Waals surface area contributed by atoms with Crippen molar-refractivity contribution in [3.63, 3.8) is 0 Å². The van der Waals surface area contributed by atoms with Crippen molar-refractivity contribution in [1.29, 1.82) is 0 Å². The Kier molecular flexibility index (Phi) is 4.07. The van der Waals surface area contributed by atoms with E-state index < -0.39 is 0 Å². The summed E-state index contributed by atoms with van der Waals surface area (Å²) in [5.74, 6) is 1.40. The van der Waals surface area contributed by atoms with E-state index in [2.05, 4.69) is 32.2 Å². The van der Waals surface area contributed by atoms with Gasteiger partial charge in [0.2, 0.25) is 5.95 Å². The highest BCUT2D eigenvalue weighted by Gasteiger charge is 2.18. The Morgan fingerprint density at radius 3 is 2.86 bits per heavy atom. The van der Waals surface area contributed by atoms with Crippen molar-refractivity contribution in [3.05, 3.63) is 17.8 Å². The first kappa shape index (κ1) is 14.3. The van der Waals surface area contributed by atoms with Crippen molar-refractivity contribution in [2.75, 3.05) is 31.2 Å². The van der Waals surface area contributed by atoms with Gasteiger partial charge in [-0.25, -0.2) is 4.98 Å². The second-order valence-electron chi connectivity index (χ2n) is 5.50. The summed E-state index contributed by atoms with van der Waals surface area (Å²) >= 11 is 5.81. The van der Waals surface area contributed by atoms with Crippen molar-refractivity contribution in [2.24, 2.45) is 0 Å². The van der Waals surface area contributed by atoms with Gasteiger partial charge in [-0.3, -0.25) is 0 Å². The fourth-order valence-corrected chi connectivity index (χ4v) is 2.70. The van der Waals surface area contributed by atoms with Crippen LogP contribution in [0.4, 0.5) is 11.8 Å². The summed E-state index contributed by atoms with van der Waals surface area (Å²) < 4.78 is 0. The zero-order chi connectivity index (χ0) is 14.8. The van der Waals surface area contributed by atoms with E-state index in [-0.39, 0.29) is 0 Å². The van der Waals surface area contributed by atoms with Gasteiger partial charge in [-0.15, -0.1) is 11.6 Å². The second-order valence-corrected chi connectivity index (χ2v) is 5.77. The SMILES string of the molecule is CN1CCC(Nc2nc(N)c3cc(CCl)cnc3n2)CC1. The van der Waals surface area contributed by atoms with Crippen molar-refractivity contribution >= 4 is 34.4 Å². The van der Waals surface area contributed by atoms with Crippen LogP contribution in [0.5, 0.6) is 0 Å². The van der Waals surface area contributed by atoms with Crippen LogP contribution in [0.2, 0.25) is 0 Å². The Morgan fingerprint density at radius 2 is 2.14 bits per heavy atom. The molecule has 0 spiro atoms. The Labute approximate surface area is 128 Å². The predicted molar refractivity (Wildman–Crippen MR) is 85.4 cm³/mol. The number of nitrogen functional groups attached to an aromatic ring is 1. The molecule has 0 atom stereocenters. The van der Waals surface area contributed by atoms with Gasteiger partial charge in [-0.05, 0) is 44.6 Å². The molecule has 0 bridgehead atoms. The smallest absolute Gasteiger partial charge is 0.226 e. The van der Waals surface area contributed by atoms with Crippen LogP contribution in [-0.4, -0.2) is 46.0 Å². The van der Waals surface area contributed by atoms with Gasteiger partial charge >= 0.3 is 0 Å². The van der Waals surface area contributed by atoms with E-state index >= 15 is 0 Å². The number of aromatic nitrogens is 3. The summed E-state index contributed by atoms with van der Waals surface area (Å²) in [5, 5.41) is 4.12. The molecule has 0 radical (unpaired) electrons. The van der Waals surface area contributed by atoms with Crippen molar-refractivity contribution in [3.8, 4) is 0 Å². The van der Waals surface area contributed by atoms with E-state index in [1.807, 2.05) is 6.07 Å². The number of piperidine rings is 1. The first-order valence-corrected chi connectivity index (χ1v) is 7.62. The molecule has 6 nitrogen and oxygen atoms in total. The van der Waals surface area contributed by atoms with Gasteiger partial charge in [0.15, 0.2) is 5.65 Å². The Morgan fingerprint density at radius 1 is 1.38 bits per heavy atom. The third kappa shape index (κ3) is 3.16. The molecule has 112 valence electrons. The van der Waals surface area contributed by atoms with Crippen LogP contribution in [0.3, 0.4) is 0 Å². The first-order chi connectivity index (χ1) is 10.2. The van der Waals surface area contributed by atoms with Crippen LogP contribution in [0.25, 0.3) is 11.0 Å². The number of nitrogens with one attached hydrogen (secondary N) is 1. The standard InChI is InChI=1S/C14H19ClN6/c1-21-4-2-10(3-5-21)18-14-19-12(16)11-6-9(7-15)8-17-13(11)20-14/h6,8,10H,2-5,7H2,1H3,(H3,16,17,18,19,20). The topological polar surface area (TPSA) is 80.0 Å². The predicted octanol–water partition coefficient (Wildman–Crippen LogP) is 1.85. The molecule has 1 fully saturated rings. The first-order valence-electron chi connectivity index (χ1n) is 7.09. The lowest BCUT2D eigenvalue weighted by atomic mass is 10.1. The highest BCUT2D eigenvalue weighted by molar-refractivity contribution is 6.17. The molecule has 1 aliphatic rings. The Balaban J connectivity index is 1.83. The average Bonchev–Trinajstić information content (AvgIpc) is 2.49. The van der Waals surface area contributed by atoms with Gasteiger partial charge in [0, 0.05) is 18.1 Å². The number of fused-ring (bicyclic) bond motifs is 1. The number of anilines is 2. The highest BCUT2D eigenvalue weighted by atomic mass is 35.5. The van der Waals surface area contributed by atoms with Gasteiger partial charge in [0.05, 0.1) is 5.39 Å². The van der Waals surface area contributed by atoms with Crippen LogP contribution < -0.4 is 11.1 Å². The molecule has 2 aromatic heterocycles. The monoisotopic (exact) mass is 306 g/mol. The molecule has 0 unspecified atom stereocenters. The minimum Gasteiger partial charge on any atom is -0.383 e. The van der Waals surface area contributed by atoms with Gasteiger partial charge in [0.25, 0.3) is 0 Å². The Bertz CT molecular complexity index is 639. The molecule has 0 amide bonds. The lowest BCUT2D eigenvalue weighted by Gasteiger charge is -2.29. The lowest BCUT2D eigenvalue weighted by Crippen LogP contribution is -2.37.